The van der Waals surface area contributed by atoms with E-state index in [4.69, 9.17) is 0 Å². The third-order valence-electron chi connectivity index (χ3n) is 4.58. The Hall–Kier alpha value is -2.46. The van der Waals surface area contributed by atoms with Crippen LogP contribution in [0.4, 0.5) is 10.1 Å². The summed E-state index contributed by atoms with van der Waals surface area (Å²) in [6.07, 6.45) is 0.968. The average molecular weight is 514 g/mol. The number of hydrogen-bond donors (Lipinski definition) is 1. The number of anilines is 1. The summed E-state index contributed by atoms with van der Waals surface area (Å²) in [5.41, 5.74) is 0.937. The van der Waals surface area contributed by atoms with Gasteiger partial charge in [0.15, 0.2) is 0 Å². The monoisotopic (exact) mass is 513 g/mol. The number of carbonyl (C=O) groups excluding carboxylic acids is 2. The molecule has 2 amide bonds. The fourth-order valence-electron chi connectivity index (χ4n) is 2.91. The molecule has 0 saturated heterocycles. The third kappa shape index (κ3) is 7.03. The van der Waals surface area contributed by atoms with E-state index < -0.39 is 34.3 Å². The van der Waals surface area contributed by atoms with Crippen molar-refractivity contribution >= 4 is 43.5 Å². The molecule has 2 aromatic carbocycles. The van der Waals surface area contributed by atoms with Crippen molar-refractivity contribution < 1.29 is 22.4 Å². The summed E-state index contributed by atoms with van der Waals surface area (Å²) in [7, 11) is -3.84. The predicted octanol–water partition coefficient (Wildman–Crippen LogP) is 2.91. The minimum atomic E-state index is -3.84. The molecule has 0 aliphatic heterocycles. The minimum absolute atomic E-state index is 0.117. The van der Waals surface area contributed by atoms with E-state index in [2.05, 4.69) is 21.2 Å². The first-order valence-corrected chi connectivity index (χ1v) is 12.2. The van der Waals surface area contributed by atoms with Crippen molar-refractivity contribution in [2.45, 2.75) is 26.4 Å². The number of sulfonamides is 1. The molecular weight excluding hydrogens is 489 g/mol. The molecule has 0 fully saturated rings. The molecule has 168 valence electrons. The highest BCUT2D eigenvalue weighted by Crippen LogP contribution is 2.20. The Bertz CT molecular complexity index is 1010. The first-order chi connectivity index (χ1) is 14.5. The minimum Gasteiger partial charge on any atom is -0.355 e. The Morgan fingerprint density at radius 3 is 2.19 bits per heavy atom. The number of rotatable bonds is 9. The lowest BCUT2D eigenvalue weighted by Crippen LogP contribution is -2.51. The lowest BCUT2D eigenvalue weighted by Gasteiger charge is -2.31. The summed E-state index contributed by atoms with van der Waals surface area (Å²) in [6, 6.07) is 11.2. The van der Waals surface area contributed by atoms with Gasteiger partial charge in [-0.05, 0) is 55.8 Å². The molecule has 7 nitrogen and oxygen atoms in total. The molecule has 1 atom stereocenters. The molecule has 0 aliphatic carbocycles. The highest BCUT2D eigenvalue weighted by molar-refractivity contribution is 9.10. The molecule has 0 aliphatic rings. The first kappa shape index (κ1) is 24.8. The first-order valence-electron chi connectivity index (χ1n) is 9.57. The SMILES string of the molecule is CCNC(=O)[C@H](C)N(Cc1ccc(Br)cc1)C(=O)CN(c1ccc(F)cc1)S(C)(=O)=O. The van der Waals surface area contributed by atoms with E-state index in [0.29, 0.717) is 6.54 Å². The number of hydrogen-bond acceptors (Lipinski definition) is 4. The van der Waals surface area contributed by atoms with Crippen molar-refractivity contribution in [1.29, 1.82) is 0 Å². The molecule has 0 unspecified atom stereocenters. The van der Waals surface area contributed by atoms with Gasteiger partial charge in [-0.3, -0.25) is 13.9 Å². The summed E-state index contributed by atoms with van der Waals surface area (Å²) in [6.45, 7) is 3.35. The van der Waals surface area contributed by atoms with Gasteiger partial charge in [-0.25, -0.2) is 12.8 Å². The summed E-state index contributed by atoms with van der Waals surface area (Å²) < 4.78 is 39.8. The quantitative estimate of drug-likeness (QED) is 0.558. The normalized spacial score (nSPS) is 12.2. The van der Waals surface area contributed by atoms with Crippen LogP contribution in [0.1, 0.15) is 19.4 Å². The van der Waals surface area contributed by atoms with Gasteiger partial charge in [0.25, 0.3) is 0 Å². The zero-order valence-corrected chi connectivity index (χ0v) is 19.9. The van der Waals surface area contributed by atoms with E-state index in [1.54, 1.807) is 13.8 Å². The van der Waals surface area contributed by atoms with E-state index in [1.807, 2.05) is 24.3 Å². The lowest BCUT2D eigenvalue weighted by atomic mass is 10.1. The maximum Gasteiger partial charge on any atom is 0.244 e. The average Bonchev–Trinajstić information content (AvgIpc) is 2.71. The van der Waals surface area contributed by atoms with Gasteiger partial charge in [-0.15, -0.1) is 0 Å². The Morgan fingerprint density at radius 1 is 1.10 bits per heavy atom. The molecule has 0 heterocycles. The van der Waals surface area contributed by atoms with E-state index in [1.165, 1.54) is 17.0 Å². The number of halogens is 2. The second-order valence-electron chi connectivity index (χ2n) is 6.96. The van der Waals surface area contributed by atoms with Crippen LogP contribution in [0.2, 0.25) is 0 Å². The summed E-state index contributed by atoms with van der Waals surface area (Å²) in [4.78, 5) is 27.0. The summed E-state index contributed by atoms with van der Waals surface area (Å²) in [5, 5.41) is 2.68. The molecule has 0 aromatic heterocycles. The highest BCUT2D eigenvalue weighted by Gasteiger charge is 2.29. The molecule has 2 rings (SSSR count). The number of likely N-dealkylation sites (N-methyl/N-ethyl adjacent to an activating group) is 1. The summed E-state index contributed by atoms with van der Waals surface area (Å²) >= 11 is 3.35. The van der Waals surface area contributed by atoms with Crippen molar-refractivity contribution in [3.05, 3.63) is 64.4 Å². The van der Waals surface area contributed by atoms with Gasteiger partial charge in [0, 0.05) is 17.6 Å². The largest absolute Gasteiger partial charge is 0.355 e. The molecule has 0 bridgehead atoms. The highest BCUT2D eigenvalue weighted by atomic mass is 79.9. The van der Waals surface area contributed by atoms with Crippen molar-refractivity contribution in [3.63, 3.8) is 0 Å². The lowest BCUT2D eigenvalue weighted by molar-refractivity contribution is -0.139. The van der Waals surface area contributed by atoms with Gasteiger partial charge in [0.05, 0.1) is 11.9 Å². The Labute approximate surface area is 190 Å². The zero-order valence-electron chi connectivity index (χ0n) is 17.5. The smallest absolute Gasteiger partial charge is 0.244 e. The molecule has 0 radical (unpaired) electrons. The van der Waals surface area contributed by atoms with Crippen LogP contribution in [-0.2, 0) is 26.2 Å². The van der Waals surface area contributed by atoms with Crippen LogP contribution in [0, 0.1) is 5.82 Å². The third-order valence-corrected chi connectivity index (χ3v) is 6.25. The molecular formula is C21H25BrFN3O4S. The topological polar surface area (TPSA) is 86.8 Å². The molecule has 10 heteroatoms. The molecule has 0 spiro atoms. The maximum absolute atomic E-state index is 13.3. The Kier molecular flexibility index (Phi) is 8.58. The van der Waals surface area contributed by atoms with E-state index >= 15 is 0 Å². The fourth-order valence-corrected chi connectivity index (χ4v) is 4.03. The van der Waals surface area contributed by atoms with Gasteiger partial charge in [0.2, 0.25) is 21.8 Å². The number of carbonyl (C=O) groups is 2. The number of amides is 2. The van der Waals surface area contributed by atoms with Gasteiger partial charge in [0.1, 0.15) is 18.4 Å². The van der Waals surface area contributed by atoms with E-state index in [9.17, 15) is 22.4 Å². The van der Waals surface area contributed by atoms with E-state index in [-0.39, 0.29) is 18.1 Å². The Morgan fingerprint density at radius 2 is 1.68 bits per heavy atom. The van der Waals surface area contributed by atoms with Crippen LogP contribution in [0.25, 0.3) is 0 Å². The zero-order chi connectivity index (χ0) is 23.2. The van der Waals surface area contributed by atoms with E-state index in [0.717, 1.165) is 32.7 Å². The number of nitrogens with zero attached hydrogens (tertiary/aromatic N) is 2. The van der Waals surface area contributed by atoms with Crippen molar-refractivity contribution in [2.24, 2.45) is 0 Å². The van der Waals surface area contributed by atoms with Crippen molar-refractivity contribution in [1.82, 2.24) is 10.2 Å². The van der Waals surface area contributed by atoms with Gasteiger partial charge in [-0.1, -0.05) is 28.1 Å². The summed E-state index contributed by atoms with van der Waals surface area (Å²) in [5.74, 6) is -1.43. The second-order valence-corrected chi connectivity index (χ2v) is 9.79. The van der Waals surface area contributed by atoms with Crippen molar-refractivity contribution in [3.8, 4) is 0 Å². The molecule has 0 saturated carbocycles. The van der Waals surface area contributed by atoms with Crippen LogP contribution in [-0.4, -0.2) is 50.5 Å². The second kappa shape index (κ2) is 10.7. The molecule has 31 heavy (non-hydrogen) atoms. The standard InChI is InChI=1S/C21H25BrFN3O4S/c1-4-24-21(28)15(2)25(13-16-5-7-17(22)8-6-16)20(27)14-26(31(3,29)30)19-11-9-18(23)10-12-19/h5-12,15H,4,13-14H2,1-3H3,(H,24,28)/t15-/m0/s1. The van der Waals surface area contributed by atoms with Gasteiger partial charge in [-0.2, -0.15) is 0 Å². The Balaban J connectivity index is 2.35. The molecule has 2 aromatic rings. The van der Waals surface area contributed by atoms with Gasteiger partial charge < -0.3 is 10.2 Å². The van der Waals surface area contributed by atoms with Crippen LogP contribution in [0.15, 0.2) is 53.0 Å². The predicted molar refractivity (Wildman–Crippen MR) is 121 cm³/mol. The fraction of sp³-hybridized carbons (Fsp3) is 0.333. The van der Waals surface area contributed by atoms with Gasteiger partial charge >= 0.3 is 0 Å². The molecule has 1 N–H and O–H groups in total. The maximum atomic E-state index is 13.3. The van der Waals surface area contributed by atoms with Crippen molar-refractivity contribution in [2.75, 3.05) is 23.7 Å². The van der Waals surface area contributed by atoms with Crippen LogP contribution < -0.4 is 9.62 Å². The van der Waals surface area contributed by atoms with Crippen LogP contribution in [0.5, 0.6) is 0 Å². The van der Waals surface area contributed by atoms with Crippen LogP contribution in [0.3, 0.4) is 0 Å². The number of benzene rings is 2. The number of nitrogens with one attached hydrogen (secondary N) is 1. The van der Waals surface area contributed by atoms with Crippen LogP contribution >= 0.6 is 15.9 Å².